The van der Waals surface area contributed by atoms with Gasteiger partial charge in [0.15, 0.2) is 0 Å². The summed E-state index contributed by atoms with van der Waals surface area (Å²) >= 11 is 0. The fraction of sp³-hybridized carbons (Fsp3) is 1.00. The van der Waals surface area contributed by atoms with Crippen LogP contribution < -0.4 is 10.5 Å². The summed E-state index contributed by atoms with van der Waals surface area (Å²) in [5.41, 5.74) is 5.08. The van der Waals surface area contributed by atoms with Gasteiger partial charge >= 0.3 is 0 Å². The summed E-state index contributed by atoms with van der Waals surface area (Å²) < 4.78 is 46.2. The summed E-state index contributed by atoms with van der Waals surface area (Å²) in [5.74, 6) is -0.405. The summed E-state index contributed by atoms with van der Waals surface area (Å²) in [7, 11) is -6.61. The average molecular weight is 244 g/mol. The van der Waals surface area contributed by atoms with Crippen LogP contribution in [0.3, 0.4) is 0 Å². The molecule has 0 fully saturated rings. The van der Waals surface area contributed by atoms with Crippen LogP contribution >= 0.6 is 0 Å². The zero-order valence-electron chi connectivity index (χ0n) is 8.23. The average Bonchev–Trinajstić information content (AvgIpc) is 1.78. The maximum Gasteiger partial charge on any atom is 0.213 e. The Morgan fingerprint density at radius 3 is 2.14 bits per heavy atom. The molecule has 0 saturated heterocycles. The highest BCUT2D eigenvalue weighted by Gasteiger charge is 2.16. The Labute approximate surface area is 84.8 Å². The van der Waals surface area contributed by atoms with E-state index in [9.17, 15) is 16.8 Å². The van der Waals surface area contributed by atoms with Gasteiger partial charge in [0.2, 0.25) is 10.0 Å². The predicted octanol–water partition coefficient (Wildman–Crippen LogP) is -1.70. The SMILES string of the molecule is CC(CS(C)(=O)=O)NS(=O)(=O)CCN. The predicted molar refractivity (Wildman–Crippen MR) is 55.1 cm³/mol. The van der Waals surface area contributed by atoms with Crippen molar-refractivity contribution >= 4 is 19.9 Å². The fourth-order valence-electron chi connectivity index (χ4n) is 1.01. The van der Waals surface area contributed by atoms with E-state index in [4.69, 9.17) is 5.73 Å². The lowest BCUT2D eigenvalue weighted by Crippen LogP contribution is -2.39. The lowest BCUT2D eigenvalue weighted by Gasteiger charge is -2.12. The van der Waals surface area contributed by atoms with Crippen LogP contribution in [-0.2, 0) is 19.9 Å². The molecule has 0 radical (unpaired) electrons. The van der Waals surface area contributed by atoms with Crippen molar-refractivity contribution in [3.63, 3.8) is 0 Å². The van der Waals surface area contributed by atoms with E-state index in [0.29, 0.717) is 0 Å². The fourth-order valence-corrected chi connectivity index (χ4v) is 3.23. The number of nitrogens with two attached hydrogens (primary N) is 1. The molecule has 0 aromatic carbocycles. The quantitative estimate of drug-likeness (QED) is 0.579. The van der Waals surface area contributed by atoms with Gasteiger partial charge in [-0.2, -0.15) is 0 Å². The monoisotopic (exact) mass is 244 g/mol. The largest absolute Gasteiger partial charge is 0.329 e. The third-order valence-corrected chi connectivity index (χ3v) is 3.96. The van der Waals surface area contributed by atoms with E-state index in [2.05, 4.69) is 4.72 Å². The topological polar surface area (TPSA) is 106 Å². The third-order valence-electron chi connectivity index (χ3n) is 1.32. The highest BCUT2D eigenvalue weighted by Crippen LogP contribution is 1.93. The maximum absolute atomic E-state index is 11.1. The van der Waals surface area contributed by atoms with Crippen LogP contribution in [0.2, 0.25) is 0 Å². The summed E-state index contributed by atoms with van der Waals surface area (Å²) in [6, 6.07) is -0.624. The molecule has 6 nitrogen and oxygen atoms in total. The van der Waals surface area contributed by atoms with Crippen molar-refractivity contribution in [1.82, 2.24) is 4.72 Å². The molecule has 0 aromatic heterocycles. The molecule has 0 heterocycles. The number of nitrogens with one attached hydrogen (secondary N) is 1. The number of hydrogen-bond donors (Lipinski definition) is 2. The molecule has 14 heavy (non-hydrogen) atoms. The van der Waals surface area contributed by atoms with E-state index in [1.165, 1.54) is 6.92 Å². The van der Waals surface area contributed by atoms with Crippen molar-refractivity contribution in [3.8, 4) is 0 Å². The molecule has 0 aliphatic carbocycles. The molecule has 1 unspecified atom stereocenters. The number of sulfonamides is 1. The molecule has 3 N–H and O–H groups in total. The lowest BCUT2D eigenvalue weighted by atomic mass is 10.4. The minimum atomic E-state index is -3.44. The van der Waals surface area contributed by atoms with Crippen LogP contribution in [-0.4, -0.2) is 47.2 Å². The van der Waals surface area contributed by atoms with Crippen LogP contribution in [0.5, 0.6) is 0 Å². The minimum absolute atomic E-state index is 0.0148. The van der Waals surface area contributed by atoms with Gasteiger partial charge in [-0.1, -0.05) is 0 Å². The molecular weight excluding hydrogens is 228 g/mol. The van der Waals surface area contributed by atoms with Crippen molar-refractivity contribution in [3.05, 3.63) is 0 Å². The summed E-state index contributed by atoms with van der Waals surface area (Å²) in [6.07, 6.45) is 1.06. The number of hydrogen-bond acceptors (Lipinski definition) is 5. The maximum atomic E-state index is 11.1. The van der Waals surface area contributed by atoms with E-state index in [1.54, 1.807) is 0 Å². The molecule has 86 valence electrons. The lowest BCUT2D eigenvalue weighted by molar-refractivity contribution is 0.564. The van der Waals surface area contributed by atoms with Gasteiger partial charge in [0.1, 0.15) is 9.84 Å². The van der Waals surface area contributed by atoms with E-state index >= 15 is 0 Å². The third kappa shape index (κ3) is 7.25. The molecule has 1 atom stereocenters. The van der Waals surface area contributed by atoms with Gasteiger partial charge in [0, 0.05) is 18.8 Å². The molecule has 0 saturated carbocycles. The zero-order valence-corrected chi connectivity index (χ0v) is 9.86. The van der Waals surface area contributed by atoms with Gasteiger partial charge in [0.25, 0.3) is 0 Å². The standard InChI is InChI=1S/C6H16N2O4S2/c1-6(5-13(2,9)10)8-14(11,12)4-3-7/h6,8H,3-5,7H2,1-2H3. The molecule has 0 aliphatic rings. The first-order valence-corrected chi connectivity index (χ1v) is 7.75. The smallest absolute Gasteiger partial charge is 0.213 e. The Hall–Kier alpha value is -0.180. The first kappa shape index (κ1) is 13.8. The highest BCUT2D eigenvalue weighted by molar-refractivity contribution is 7.91. The summed E-state index contributed by atoms with van der Waals surface area (Å²) in [5, 5.41) is 0. The molecule has 8 heteroatoms. The first-order chi connectivity index (χ1) is 6.16. The van der Waals surface area contributed by atoms with Gasteiger partial charge < -0.3 is 5.73 Å². The Kier molecular flexibility index (Phi) is 4.99. The van der Waals surface area contributed by atoms with Crippen LogP contribution in [0.1, 0.15) is 6.92 Å². The molecule has 0 aliphatic heterocycles. The van der Waals surface area contributed by atoms with Gasteiger partial charge in [-0.15, -0.1) is 0 Å². The molecule has 0 bridgehead atoms. The van der Waals surface area contributed by atoms with Gasteiger partial charge in [-0.25, -0.2) is 21.6 Å². The molecular formula is C6H16N2O4S2. The van der Waals surface area contributed by atoms with E-state index in [1.807, 2.05) is 0 Å². The van der Waals surface area contributed by atoms with Crippen molar-refractivity contribution in [1.29, 1.82) is 0 Å². The van der Waals surface area contributed by atoms with E-state index in [0.717, 1.165) is 6.26 Å². The van der Waals surface area contributed by atoms with Crippen molar-refractivity contribution < 1.29 is 16.8 Å². The first-order valence-electron chi connectivity index (χ1n) is 4.04. The molecule has 0 rings (SSSR count). The van der Waals surface area contributed by atoms with Gasteiger partial charge in [-0.3, -0.25) is 0 Å². The van der Waals surface area contributed by atoms with Gasteiger partial charge in [0.05, 0.1) is 11.5 Å². The van der Waals surface area contributed by atoms with E-state index < -0.39 is 25.9 Å². The zero-order chi connectivity index (χ0) is 11.4. The number of rotatable bonds is 6. The molecule has 0 amide bonds. The van der Waals surface area contributed by atoms with Crippen molar-refractivity contribution in [2.75, 3.05) is 24.3 Å². The van der Waals surface area contributed by atoms with Crippen LogP contribution in [0.15, 0.2) is 0 Å². The van der Waals surface area contributed by atoms with Crippen LogP contribution in [0.4, 0.5) is 0 Å². The van der Waals surface area contributed by atoms with Crippen LogP contribution in [0.25, 0.3) is 0 Å². The highest BCUT2D eigenvalue weighted by atomic mass is 32.2. The molecule has 0 spiro atoms. The van der Waals surface area contributed by atoms with Crippen LogP contribution in [0, 0.1) is 0 Å². The summed E-state index contributed by atoms with van der Waals surface area (Å²) in [4.78, 5) is 0. The second-order valence-electron chi connectivity index (χ2n) is 3.22. The van der Waals surface area contributed by atoms with Gasteiger partial charge in [-0.05, 0) is 6.92 Å². The van der Waals surface area contributed by atoms with E-state index in [-0.39, 0.29) is 18.1 Å². The van der Waals surface area contributed by atoms with Crippen molar-refractivity contribution in [2.45, 2.75) is 13.0 Å². The number of sulfone groups is 1. The second kappa shape index (κ2) is 5.06. The second-order valence-corrected chi connectivity index (χ2v) is 7.28. The Morgan fingerprint density at radius 2 is 1.79 bits per heavy atom. The molecule has 0 aromatic rings. The minimum Gasteiger partial charge on any atom is -0.329 e. The Morgan fingerprint density at radius 1 is 1.29 bits per heavy atom. The Balaban J connectivity index is 4.27. The Bertz CT molecular complexity index is 359. The van der Waals surface area contributed by atoms with Crippen molar-refractivity contribution in [2.24, 2.45) is 5.73 Å². The normalized spacial score (nSPS) is 15.4. The summed E-state index contributed by atoms with van der Waals surface area (Å²) in [6.45, 7) is 1.51.